The molecule has 4 heteroatoms. The van der Waals surface area contributed by atoms with Crippen LogP contribution in [-0.2, 0) is 6.61 Å². The van der Waals surface area contributed by atoms with Crippen molar-refractivity contribution in [2.45, 2.75) is 19.6 Å². The fraction of sp³-hybridized carbons (Fsp3) is 0.250. The molecule has 0 bridgehead atoms. The van der Waals surface area contributed by atoms with Crippen LogP contribution in [0, 0.1) is 11.6 Å². The Morgan fingerprint density at radius 3 is 2.65 bits per heavy atom. The van der Waals surface area contributed by atoms with Crippen molar-refractivity contribution in [3.05, 3.63) is 65.2 Å². The first-order valence-corrected chi connectivity index (χ1v) is 6.44. The fourth-order valence-electron chi connectivity index (χ4n) is 1.84. The average Bonchev–Trinajstić information content (AvgIpc) is 2.46. The fourth-order valence-corrected chi connectivity index (χ4v) is 1.84. The highest BCUT2D eigenvalue weighted by Gasteiger charge is 2.06. The molecule has 0 saturated carbocycles. The van der Waals surface area contributed by atoms with E-state index < -0.39 is 11.6 Å². The van der Waals surface area contributed by atoms with Gasteiger partial charge in [-0.2, -0.15) is 0 Å². The molecule has 0 aromatic heterocycles. The molecule has 0 aliphatic carbocycles. The summed E-state index contributed by atoms with van der Waals surface area (Å²) in [5.41, 5.74) is 1.42. The quantitative estimate of drug-likeness (QED) is 0.897. The zero-order valence-electron chi connectivity index (χ0n) is 11.5. The topological polar surface area (TPSA) is 21.3 Å². The first-order valence-electron chi connectivity index (χ1n) is 6.44. The highest BCUT2D eigenvalue weighted by molar-refractivity contribution is 5.30. The van der Waals surface area contributed by atoms with Gasteiger partial charge >= 0.3 is 0 Å². The van der Waals surface area contributed by atoms with E-state index in [9.17, 15) is 8.78 Å². The Hall–Kier alpha value is -1.94. The van der Waals surface area contributed by atoms with Crippen molar-refractivity contribution in [1.82, 2.24) is 5.32 Å². The summed E-state index contributed by atoms with van der Waals surface area (Å²) in [4.78, 5) is 0. The SMILES string of the molecule is CNC(C)c1cccc(OCc2ccc(F)cc2F)c1. The number of hydrogen-bond acceptors (Lipinski definition) is 2. The number of nitrogens with one attached hydrogen (secondary N) is 1. The molecular formula is C16H17F2NO. The summed E-state index contributed by atoms with van der Waals surface area (Å²) >= 11 is 0. The molecule has 0 radical (unpaired) electrons. The third kappa shape index (κ3) is 3.54. The molecule has 1 atom stereocenters. The summed E-state index contributed by atoms with van der Waals surface area (Å²) in [5.74, 6) is -0.519. The van der Waals surface area contributed by atoms with E-state index in [0.717, 1.165) is 11.6 Å². The molecule has 0 spiro atoms. The maximum atomic E-state index is 13.5. The van der Waals surface area contributed by atoms with Gasteiger partial charge in [-0.25, -0.2) is 8.78 Å². The lowest BCUT2D eigenvalue weighted by molar-refractivity contribution is 0.299. The van der Waals surface area contributed by atoms with Gasteiger partial charge in [0, 0.05) is 17.7 Å². The number of hydrogen-bond donors (Lipinski definition) is 1. The first kappa shape index (κ1) is 14.5. The Balaban J connectivity index is 2.07. The summed E-state index contributed by atoms with van der Waals surface area (Å²) in [6.07, 6.45) is 0. The number of benzene rings is 2. The maximum absolute atomic E-state index is 13.5. The Morgan fingerprint density at radius 1 is 1.15 bits per heavy atom. The molecule has 0 amide bonds. The summed E-state index contributed by atoms with van der Waals surface area (Å²) in [5, 5.41) is 3.14. The minimum Gasteiger partial charge on any atom is -0.489 e. The van der Waals surface area contributed by atoms with Crippen LogP contribution < -0.4 is 10.1 Å². The van der Waals surface area contributed by atoms with Gasteiger partial charge in [0.2, 0.25) is 0 Å². The van der Waals surface area contributed by atoms with Crippen molar-refractivity contribution < 1.29 is 13.5 Å². The zero-order chi connectivity index (χ0) is 14.5. The Kier molecular flexibility index (Phi) is 4.69. The molecule has 2 rings (SSSR count). The third-order valence-corrected chi connectivity index (χ3v) is 3.20. The highest BCUT2D eigenvalue weighted by atomic mass is 19.1. The molecule has 0 aliphatic heterocycles. The monoisotopic (exact) mass is 277 g/mol. The van der Waals surface area contributed by atoms with Crippen LogP contribution in [0.4, 0.5) is 8.78 Å². The van der Waals surface area contributed by atoms with E-state index >= 15 is 0 Å². The van der Waals surface area contributed by atoms with Crippen LogP contribution in [0.1, 0.15) is 24.1 Å². The maximum Gasteiger partial charge on any atom is 0.132 e. The molecule has 1 N–H and O–H groups in total. The van der Waals surface area contributed by atoms with Gasteiger partial charge < -0.3 is 10.1 Å². The van der Waals surface area contributed by atoms with Gasteiger partial charge in [-0.05, 0) is 43.8 Å². The molecule has 0 aliphatic rings. The van der Waals surface area contributed by atoms with Gasteiger partial charge in [-0.15, -0.1) is 0 Å². The molecule has 2 aromatic carbocycles. The van der Waals surface area contributed by atoms with Crippen molar-refractivity contribution in [2.24, 2.45) is 0 Å². The van der Waals surface area contributed by atoms with Crippen molar-refractivity contribution in [3.63, 3.8) is 0 Å². The Bertz CT molecular complexity index is 586. The van der Waals surface area contributed by atoms with E-state index in [-0.39, 0.29) is 12.6 Å². The largest absolute Gasteiger partial charge is 0.489 e. The molecular weight excluding hydrogens is 260 g/mol. The molecule has 0 saturated heterocycles. The van der Waals surface area contributed by atoms with Crippen molar-refractivity contribution in [2.75, 3.05) is 7.05 Å². The number of ether oxygens (including phenoxy) is 1. The van der Waals surface area contributed by atoms with Gasteiger partial charge in [0.25, 0.3) is 0 Å². The summed E-state index contributed by atoms with van der Waals surface area (Å²) < 4.78 is 31.8. The van der Waals surface area contributed by atoms with Crippen LogP contribution in [0.15, 0.2) is 42.5 Å². The van der Waals surface area contributed by atoms with Gasteiger partial charge in [-0.3, -0.25) is 0 Å². The first-order chi connectivity index (χ1) is 9.60. The Morgan fingerprint density at radius 2 is 1.95 bits per heavy atom. The lowest BCUT2D eigenvalue weighted by atomic mass is 10.1. The van der Waals surface area contributed by atoms with E-state index in [0.29, 0.717) is 11.3 Å². The third-order valence-electron chi connectivity index (χ3n) is 3.20. The van der Waals surface area contributed by atoms with E-state index in [4.69, 9.17) is 4.74 Å². The van der Waals surface area contributed by atoms with E-state index in [1.165, 1.54) is 12.1 Å². The Labute approximate surface area is 117 Å². The molecule has 1 unspecified atom stereocenters. The van der Waals surface area contributed by atoms with E-state index in [1.54, 1.807) is 0 Å². The molecule has 2 aromatic rings. The van der Waals surface area contributed by atoms with E-state index in [2.05, 4.69) is 5.32 Å². The second kappa shape index (κ2) is 6.48. The van der Waals surface area contributed by atoms with Crippen LogP contribution in [0.25, 0.3) is 0 Å². The second-order valence-electron chi connectivity index (χ2n) is 4.61. The average molecular weight is 277 g/mol. The van der Waals surface area contributed by atoms with Gasteiger partial charge in [0.05, 0.1) is 0 Å². The standard InChI is InChI=1S/C16H17F2NO/c1-11(19-2)12-4-3-5-15(8-12)20-10-13-6-7-14(17)9-16(13)18/h3-9,11,19H,10H2,1-2H3. The summed E-state index contributed by atoms with van der Waals surface area (Å²) in [6.45, 7) is 2.11. The smallest absolute Gasteiger partial charge is 0.132 e. The molecule has 2 nitrogen and oxygen atoms in total. The van der Waals surface area contributed by atoms with Crippen LogP contribution in [0.3, 0.4) is 0 Å². The molecule has 106 valence electrons. The van der Waals surface area contributed by atoms with Gasteiger partial charge in [0.15, 0.2) is 0 Å². The van der Waals surface area contributed by atoms with E-state index in [1.807, 2.05) is 38.2 Å². The number of halogens is 2. The lowest BCUT2D eigenvalue weighted by Gasteiger charge is -2.13. The minimum absolute atomic E-state index is 0.0729. The highest BCUT2D eigenvalue weighted by Crippen LogP contribution is 2.20. The second-order valence-corrected chi connectivity index (χ2v) is 4.61. The normalized spacial score (nSPS) is 12.2. The lowest BCUT2D eigenvalue weighted by Crippen LogP contribution is -2.12. The van der Waals surface area contributed by atoms with Crippen LogP contribution in [-0.4, -0.2) is 7.05 Å². The van der Waals surface area contributed by atoms with Crippen molar-refractivity contribution in [3.8, 4) is 5.75 Å². The van der Waals surface area contributed by atoms with Crippen molar-refractivity contribution in [1.29, 1.82) is 0 Å². The van der Waals surface area contributed by atoms with Crippen LogP contribution in [0.5, 0.6) is 5.75 Å². The summed E-state index contributed by atoms with van der Waals surface area (Å²) in [6, 6.07) is 11.3. The molecule has 20 heavy (non-hydrogen) atoms. The van der Waals surface area contributed by atoms with Crippen LogP contribution in [0.2, 0.25) is 0 Å². The van der Waals surface area contributed by atoms with Crippen molar-refractivity contribution >= 4 is 0 Å². The summed E-state index contributed by atoms with van der Waals surface area (Å²) in [7, 11) is 1.88. The number of rotatable bonds is 5. The predicted molar refractivity (Wildman–Crippen MR) is 74.6 cm³/mol. The van der Waals surface area contributed by atoms with Gasteiger partial charge in [-0.1, -0.05) is 12.1 Å². The molecule has 0 fully saturated rings. The zero-order valence-corrected chi connectivity index (χ0v) is 11.5. The minimum atomic E-state index is -0.593. The predicted octanol–water partition coefficient (Wildman–Crippen LogP) is 3.82. The molecule has 0 heterocycles. The van der Waals surface area contributed by atoms with Crippen LogP contribution >= 0.6 is 0 Å². The van der Waals surface area contributed by atoms with Gasteiger partial charge in [0.1, 0.15) is 24.0 Å².